The van der Waals surface area contributed by atoms with Gasteiger partial charge in [0.25, 0.3) is 0 Å². The van der Waals surface area contributed by atoms with Gasteiger partial charge in [-0.25, -0.2) is 0 Å². The maximum absolute atomic E-state index is 10.9. The molecule has 6 heteroatoms. The molecule has 1 atom stereocenters. The summed E-state index contributed by atoms with van der Waals surface area (Å²) < 4.78 is 10.5. The van der Waals surface area contributed by atoms with Crippen molar-refractivity contribution in [3.63, 3.8) is 0 Å². The van der Waals surface area contributed by atoms with Crippen LogP contribution in [-0.2, 0) is 0 Å². The van der Waals surface area contributed by atoms with Crippen molar-refractivity contribution in [3.05, 3.63) is 28.3 Å². The first kappa shape index (κ1) is 14.2. The normalized spacial score (nSPS) is 11.9. The first-order valence-corrected chi connectivity index (χ1v) is 5.68. The standard InChI is InChI=1S/C12H18N2O4/c1-9(7-13-2)8-18-12-6-10(17-3)4-5-11(12)14(15)16/h4-6,9,13H,7-8H2,1-3H3. The lowest BCUT2D eigenvalue weighted by molar-refractivity contribution is -0.385. The zero-order valence-electron chi connectivity index (χ0n) is 10.8. The molecule has 0 amide bonds. The Hall–Kier alpha value is -1.82. The molecule has 6 nitrogen and oxygen atoms in total. The summed E-state index contributed by atoms with van der Waals surface area (Å²) in [6, 6.07) is 4.46. The van der Waals surface area contributed by atoms with Crippen LogP contribution in [0.2, 0.25) is 0 Å². The van der Waals surface area contributed by atoms with E-state index < -0.39 is 4.92 Å². The van der Waals surface area contributed by atoms with Crippen LogP contribution in [-0.4, -0.2) is 32.2 Å². The van der Waals surface area contributed by atoms with Crippen molar-refractivity contribution in [3.8, 4) is 11.5 Å². The van der Waals surface area contributed by atoms with Crippen LogP contribution in [0.4, 0.5) is 5.69 Å². The molecule has 0 fully saturated rings. The number of nitrogens with zero attached hydrogens (tertiary/aromatic N) is 1. The van der Waals surface area contributed by atoms with E-state index in [-0.39, 0.29) is 17.4 Å². The van der Waals surface area contributed by atoms with Gasteiger partial charge in [0.2, 0.25) is 5.75 Å². The molecule has 0 bridgehead atoms. The molecule has 0 aliphatic carbocycles. The molecule has 0 heterocycles. The highest BCUT2D eigenvalue weighted by Crippen LogP contribution is 2.31. The highest BCUT2D eigenvalue weighted by molar-refractivity contribution is 5.50. The molecule has 0 aromatic heterocycles. The van der Waals surface area contributed by atoms with Crippen LogP contribution in [0.25, 0.3) is 0 Å². The minimum atomic E-state index is -0.461. The Morgan fingerprint density at radius 2 is 2.22 bits per heavy atom. The Morgan fingerprint density at radius 1 is 1.50 bits per heavy atom. The summed E-state index contributed by atoms with van der Waals surface area (Å²) >= 11 is 0. The van der Waals surface area contributed by atoms with Gasteiger partial charge in [0.05, 0.1) is 18.6 Å². The Balaban J connectivity index is 2.80. The third-order valence-corrected chi connectivity index (χ3v) is 2.44. The van der Waals surface area contributed by atoms with E-state index in [2.05, 4.69) is 5.32 Å². The van der Waals surface area contributed by atoms with E-state index in [1.807, 2.05) is 14.0 Å². The monoisotopic (exact) mass is 254 g/mol. The number of hydrogen-bond donors (Lipinski definition) is 1. The van der Waals surface area contributed by atoms with Gasteiger partial charge in [-0.05, 0) is 13.1 Å². The number of benzene rings is 1. The number of hydrogen-bond acceptors (Lipinski definition) is 5. The molecular formula is C12H18N2O4. The largest absolute Gasteiger partial charge is 0.497 e. The van der Waals surface area contributed by atoms with E-state index in [0.29, 0.717) is 12.4 Å². The van der Waals surface area contributed by atoms with Gasteiger partial charge in [0.1, 0.15) is 5.75 Å². The second-order valence-electron chi connectivity index (χ2n) is 4.06. The van der Waals surface area contributed by atoms with Gasteiger partial charge >= 0.3 is 5.69 Å². The predicted molar refractivity (Wildman–Crippen MR) is 68.2 cm³/mol. The molecule has 0 saturated carbocycles. The number of nitro benzene ring substituents is 1. The molecule has 1 N–H and O–H groups in total. The number of nitro groups is 1. The molecule has 0 spiro atoms. The molecule has 100 valence electrons. The summed E-state index contributed by atoms with van der Waals surface area (Å²) in [5.74, 6) is 1.04. The van der Waals surface area contributed by atoms with Crippen LogP contribution in [0.5, 0.6) is 11.5 Å². The maximum Gasteiger partial charge on any atom is 0.311 e. The van der Waals surface area contributed by atoms with Gasteiger partial charge in [-0.3, -0.25) is 10.1 Å². The summed E-state index contributed by atoms with van der Waals surface area (Å²) in [4.78, 5) is 10.4. The number of ether oxygens (including phenoxy) is 2. The Morgan fingerprint density at radius 3 is 2.78 bits per heavy atom. The van der Waals surface area contributed by atoms with Crippen LogP contribution in [0.3, 0.4) is 0 Å². The average Bonchev–Trinajstić information content (AvgIpc) is 2.36. The summed E-state index contributed by atoms with van der Waals surface area (Å²) in [5.41, 5.74) is -0.0487. The fourth-order valence-corrected chi connectivity index (χ4v) is 1.53. The average molecular weight is 254 g/mol. The van der Waals surface area contributed by atoms with E-state index in [1.54, 1.807) is 6.07 Å². The zero-order chi connectivity index (χ0) is 13.5. The van der Waals surface area contributed by atoms with Gasteiger partial charge in [-0.15, -0.1) is 0 Å². The highest BCUT2D eigenvalue weighted by Gasteiger charge is 2.16. The lowest BCUT2D eigenvalue weighted by Gasteiger charge is -2.13. The topological polar surface area (TPSA) is 73.6 Å². The van der Waals surface area contributed by atoms with Crippen LogP contribution in [0.1, 0.15) is 6.92 Å². The van der Waals surface area contributed by atoms with Crippen molar-refractivity contribution in [2.45, 2.75) is 6.92 Å². The predicted octanol–water partition coefficient (Wildman–Crippen LogP) is 1.84. The van der Waals surface area contributed by atoms with Gasteiger partial charge in [0, 0.05) is 24.6 Å². The third-order valence-electron chi connectivity index (χ3n) is 2.44. The van der Waals surface area contributed by atoms with E-state index in [9.17, 15) is 10.1 Å². The number of methoxy groups -OCH3 is 1. The third kappa shape index (κ3) is 3.89. The van der Waals surface area contributed by atoms with Gasteiger partial charge in [-0.2, -0.15) is 0 Å². The Bertz CT molecular complexity index is 409. The van der Waals surface area contributed by atoms with Crippen molar-refractivity contribution in [2.24, 2.45) is 5.92 Å². The fraction of sp³-hybridized carbons (Fsp3) is 0.500. The van der Waals surface area contributed by atoms with Crippen molar-refractivity contribution in [1.82, 2.24) is 5.32 Å². The van der Waals surface area contributed by atoms with E-state index in [4.69, 9.17) is 9.47 Å². The van der Waals surface area contributed by atoms with Crippen LogP contribution in [0.15, 0.2) is 18.2 Å². The highest BCUT2D eigenvalue weighted by atomic mass is 16.6. The summed E-state index contributed by atoms with van der Waals surface area (Å²) in [6.07, 6.45) is 0. The van der Waals surface area contributed by atoms with E-state index >= 15 is 0 Å². The quantitative estimate of drug-likeness (QED) is 0.593. The molecule has 1 aromatic rings. The lowest BCUT2D eigenvalue weighted by atomic mass is 10.2. The minimum Gasteiger partial charge on any atom is -0.497 e. The maximum atomic E-state index is 10.9. The first-order valence-electron chi connectivity index (χ1n) is 5.68. The van der Waals surface area contributed by atoms with Crippen molar-refractivity contribution < 1.29 is 14.4 Å². The van der Waals surface area contributed by atoms with Crippen molar-refractivity contribution >= 4 is 5.69 Å². The second-order valence-corrected chi connectivity index (χ2v) is 4.06. The first-order chi connectivity index (χ1) is 8.58. The number of nitrogens with one attached hydrogen (secondary N) is 1. The van der Waals surface area contributed by atoms with Crippen LogP contribution in [0, 0.1) is 16.0 Å². The second kappa shape index (κ2) is 6.80. The Labute approximate surface area is 106 Å². The summed E-state index contributed by atoms with van der Waals surface area (Å²) in [5, 5.41) is 13.9. The summed E-state index contributed by atoms with van der Waals surface area (Å²) in [7, 11) is 3.36. The van der Waals surface area contributed by atoms with Gasteiger partial charge < -0.3 is 14.8 Å². The van der Waals surface area contributed by atoms with E-state index in [1.165, 1.54) is 19.2 Å². The molecule has 18 heavy (non-hydrogen) atoms. The molecule has 0 aliphatic rings. The van der Waals surface area contributed by atoms with Gasteiger partial charge in [-0.1, -0.05) is 6.92 Å². The van der Waals surface area contributed by atoms with Crippen LogP contribution >= 0.6 is 0 Å². The molecule has 1 unspecified atom stereocenters. The van der Waals surface area contributed by atoms with Crippen LogP contribution < -0.4 is 14.8 Å². The molecule has 0 radical (unpaired) electrons. The van der Waals surface area contributed by atoms with E-state index in [0.717, 1.165) is 6.54 Å². The molecule has 1 rings (SSSR count). The van der Waals surface area contributed by atoms with Gasteiger partial charge in [0.15, 0.2) is 0 Å². The lowest BCUT2D eigenvalue weighted by Crippen LogP contribution is -2.21. The molecule has 1 aromatic carbocycles. The number of rotatable bonds is 7. The zero-order valence-corrected chi connectivity index (χ0v) is 10.8. The smallest absolute Gasteiger partial charge is 0.311 e. The minimum absolute atomic E-state index is 0.0487. The summed E-state index contributed by atoms with van der Waals surface area (Å²) in [6.45, 7) is 3.20. The molecular weight excluding hydrogens is 236 g/mol. The fourth-order valence-electron chi connectivity index (χ4n) is 1.53. The van der Waals surface area contributed by atoms with Crippen molar-refractivity contribution in [1.29, 1.82) is 0 Å². The SMILES string of the molecule is CNCC(C)COc1cc(OC)ccc1[N+](=O)[O-]. The molecule has 0 aliphatic heterocycles. The van der Waals surface area contributed by atoms with Crippen molar-refractivity contribution in [2.75, 3.05) is 27.3 Å². The molecule has 0 saturated heterocycles. The Kier molecular flexibility index (Phi) is 5.38.